The first-order valence-electron chi connectivity index (χ1n) is 10.4. The summed E-state index contributed by atoms with van der Waals surface area (Å²) in [5.41, 5.74) is 0.865. The van der Waals surface area contributed by atoms with Crippen LogP contribution < -0.4 is 10.6 Å². The van der Waals surface area contributed by atoms with Crippen LogP contribution in [0, 0.1) is 5.92 Å². The smallest absolute Gasteiger partial charge is 0.372 e. The van der Waals surface area contributed by atoms with Gasteiger partial charge in [0.25, 0.3) is 0 Å². The van der Waals surface area contributed by atoms with Crippen LogP contribution in [0.2, 0.25) is 5.02 Å². The van der Waals surface area contributed by atoms with Gasteiger partial charge in [-0.25, -0.2) is 0 Å². The summed E-state index contributed by atoms with van der Waals surface area (Å²) in [5, 5.41) is 5.69. The number of hydrogen-bond donors (Lipinski definition) is 2. The maximum absolute atomic E-state index is 12.9. The Balaban J connectivity index is 1.71. The molecule has 0 aliphatic carbocycles. The van der Waals surface area contributed by atoms with E-state index in [1.54, 1.807) is 17.0 Å². The minimum Gasteiger partial charge on any atom is -0.372 e. The molecule has 0 aromatic heterocycles. The largest absolute Gasteiger partial charge is 0.416 e. The van der Waals surface area contributed by atoms with E-state index in [1.807, 2.05) is 26.0 Å². The quantitative estimate of drug-likeness (QED) is 0.560. The molecule has 2 aromatic carbocycles. The molecule has 1 aliphatic heterocycles. The van der Waals surface area contributed by atoms with Crippen LogP contribution in [0.4, 0.5) is 24.5 Å². The van der Waals surface area contributed by atoms with Crippen molar-refractivity contribution in [1.29, 1.82) is 0 Å². The van der Waals surface area contributed by atoms with E-state index in [0.29, 0.717) is 18.7 Å². The lowest BCUT2D eigenvalue weighted by Crippen LogP contribution is -2.39. The van der Waals surface area contributed by atoms with Crippen LogP contribution in [0.1, 0.15) is 37.8 Å². The van der Waals surface area contributed by atoms with Crippen LogP contribution in [-0.2, 0) is 22.3 Å². The SMILES string of the molecule is CC(C)[C@H](Nc1ccc(C(F)(F)F)cc1Cl)C(=O)Nc1cccc(CN2CCCC2=O)c1. The topological polar surface area (TPSA) is 61.4 Å². The Morgan fingerprint density at radius 3 is 2.53 bits per heavy atom. The minimum atomic E-state index is -4.50. The van der Waals surface area contributed by atoms with Crippen LogP contribution in [-0.4, -0.2) is 29.3 Å². The third kappa shape index (κ3) is 5.94. The fourth-order valence-electron chi connectivity index (χ4n) is 3.57. The average Bonchev–Trinajstić information content (AvgIpc) is 3.10. The molecule has 2 aromatic rings. The van der Waals surface area contributed by atoms with Crippen molar-refractivity contribution in [3.8, 4) is 0 Å². The molecule has 1 atom stereocenters. The number of anilines is 2. The Kier molecular flexibility index (Phi) is 7.33. The fourth-order valence-corrected chi connectivity index (χ4v) is 3.81. The van der Waals surface area contributed by atoms with Crippen molar-refractivity contribution < 1.29 is 22.8 Å². The number of halogens is 4. The molecule has 9 heteroatoms. The van der Waals surface area contributed by atoms with Crippen LogP contribution in [0.25, 0.3) is 0 Å². The number of amides is 2. The van der Waals surface area contributed by atoms with Gasteiger partial charge in [-0.1, -0.05) is 37.6 Å². The van der Waals surface area contributed by atoms with Gasteiger partial charge in [0.05, 0.1) is 16.3 Å². The second-order valence-electron chi connectivity index (χ2n) is 8.17. The number of nitrogens with zero attached hydrogens (tertiary/aromatic N) is 1. The van der Waals surface area contributed by atoms with Crippen molar-refractivity contribution in [2.75, 3.05) is 17.2 Å². The molecular weight excluding hydrogens is 443 g/mol. The van der Waals surface area contributed by atoms with Crippen molar-refractivity contribution in [3.63, 3.8) is 0 Å². The zero-order chi connectivity index (χ0) is 23.5. The van der Waals surface area contributed by atoms with Crippen molar-refractivity contribution in [1.82, 2.24) is 4.90 Å². The van der Waals surface area contributed by atoms with E-state index in [9.17, 15) is 22.8 Å². The van der Waals surface area contributed by atoms with E-state index in [1.165, 1.54) is 6.07 Å². The summed E-state index contributed by atoms with van der Waals surface area (Å²) in [7, 11) is 0. The summed E-state index contributed by atoms with van der Waals surface area (Å²) in [6.45, 7) is 4.85. The van der Waals surface area contributed by atoms with Gasteiger partial charge in [0.1, 0.15) is 6.04 Å². The summed E-state index contributed by atoms with van der Waals surface area (Å²) in [5.74, 6) is -0.388. The number of rotatable bonds is 7. The van der Waals surface area contributed by atoms with Crippen LogP contribution in [0.5, 0.6) is 0 Å². The molecule has 1 saturated heterocycles. The summed E-state index contributed by atoms with van der Waals surface area (Å²) in [4.78, 5) is 26.6. The minimum absolute atomic E-state index is 0.115. The highest BCUT2D eigenvalue weighted by Crippen LogP contribution is 2.34. The van der Waals surface area contributed by atoms with Gasteiger partial charge in [0.15, 0.2) is 0 Å². The lowest BCUT2D eigenvalue weighted by atomic mass is 10.0. The van der Waals surface area contributed by atoms with Crippen molar-refractivity contribution >= 4 is 34.8 Å². The number of alkyl halides is 3. The lowest BCUT2D eigenvalue weighted by molar-refractivity contribution is -0.137. The molecule has 1 heterocycles. The highest BCUT2D eigenvalue weighted by atomic mass is 35.5. The van der Waals surface area contributed by atoms with Crippen LogP contribution in [0.3, 0.4) is 0 Å². The van der Waals surface area contributed by atoms with E-state index in [-0.39, 0.29) is 28.4 Å². The van der Waals surface area contributed by atoms with Gasteiger partial charge < -0.3 is 15.5 Å². The number of carbonyl (C=O) groups is 2. The monoisotopic (exact) mass is 467 g/mol. The normalized spacial score (nSPS) is 15.2. The third-order valence-electron chi connectivity index (χ3n) is 5.30. The Bertz CT molecular complexity index is 995. The predicted octanol–water partition coefficient (Wildman–Crippen LogP) is 5.56. The van der Waals surface area contributed by atoms with Gasteiger partial charge in [0, 0.05) is 25.2 Å². The molecular formula is C23H25ClF3N3O2. The Morgan fingerprint density at radius 2 is 1.94 bits per heavy atom. The molecule has 2 amide bonds. The van der Waals surface area contributed by atoms with Crippen LogP contribution in [0.15, 0.2) is 42.5 Å². The molecule has 32 heavy (non-hydrogen) atoms. The van der Waals surface area contributed by atoms with Gasteiger partial charge in [-0.15, -0.1) is 0 Å². The molecule has 0 saturated carbocycles. The zero-order valence-corrected chi connectivity index (χ0v) is 18.6. The van der Waals surface area contributed by atoms with Gasteiger partial charge >= 0.3 is 6.18 Å². The molecule has 5 nitrogen and oxygen atoms in total. The molecule has 0 unspecified atom stereocenters. The first-order chi connectivity index (χ1) is 15.0. The second kappa shape index (κ2) is 9.81. The number of nitrogens with one attached hydrogen (secondary N) is 2. The summed E-state index contributed by atoms with van der Waals surface area (Å²) in [6, 6.07) is 9.50. The summed E-state index contributed by atoms with van der Waals surface area (Å²) < 4.78 is 38.6. The van der Waals surface area contributed by atoms with E-state index >= 15 is 0 Å². The van der Waals surface area contributed by atoms with E-state index in [0.717, 1.165) is 30.7 Å². The van der Waals surface area contributed by atoms with Gasteiger partial charge in [-0.2, -0.15) is 13.2 Å². The standard InChI is InChI=1S/C23H25ClF3N3O2/c1-14(2)21(29-19-9-8-16(12-18(19)24)23(25,26)27)22(32)28-17-6-3-5-15(11-17)13-30-10-4-7-20(30)31/h3,5-6,8-9,11-12,14,21,29H,4,7,10,13H2,1-2H3,(H,28,32)/t21-/m0/s1. The number of likely N-dealkylation sites (tertiary alicyclic amines) is 1. The highest BCUT2D eigenvalue weighted by Gasteiger charge is 2.31. The van der Waals surface area contributed by atoms with Crippen molar-refractivity contribution in [3.05, 3.63) is 58.6 Å². The molecule has 1 aliphatic rings. The first-order valence-corrected chi connectivity index (χ1v) is 10.7. The fraction of sp³-hybridized carbons (Fsp3) is 0.391. The molecule has 1 fully saturated rings. The first kappa shape index (κ1) is 23.9. The van der Waals surface area contributed by atoms with Crippen molar-refractivity contribution in [2.24, 2.45) is 5.92 Å². The van der Waals surface area contributed by atoms with Crippen LogP contribution >= 0.6 is 11.6 Å². The van der Waals surface area contributed by atoms with Crippen molar-refractivity contribution in [2.45, 2.75) is 45.5 Å². The molecule has 0 radical (unpaired) electrons. The Hall–Kier alpha value is -2.74. The average molecular weight is 468 g/mol. The maximum Gasteiger partial charge on any atom is 0.416 e. The van der Waals surface area contributed by atoms with E-state index in [2.05, 4.69) is 10.6 Å². The van der Waals surface area contributed by atoms with E-state index < -0.39 is 17.8 Å². The Labute approximate surface area is 189 Å². The second-order valence-corrected chi connectivity index (χ2v) is 8.57. The lowest BCUT2D eigenvalue weighted by Gasteiger charge is -2.24. The predicted molar refractivity (Wildman–Crippen MR) is 118 cm³/mol. The molecule has 172 valence electrons. The number of benzene rings is 2. The van der Waals surface area contributed by atoms with Gasteiger partial charge in [0.2, 0.25) is 11.8 Å². The number of hydrogen-bond acceptors (Lipinski definition) is 3. The zero-order valence-electron chi connectivity index (χ0n) is 17.8. The highest BCUT2D eigenvalue weighted by molar-refractivity contribution is 6.33. The summed E-state index contributed by atoms with van der Waals surface area (Å²) >= 11 is 6.04. The number of carbonyl (C=O) groups excluding carboxylic acids is 2. The molecule has 3 rings (SSSR count). The Morgan fingerprint density at radius 1 is 1.19 bits per heavy atom. The van der Waals surface area contributed by atoms with Gasteiger partial charge in [-0.05, 0) is 48.2 Å². The van der Waals surface area contributed by atoms with E-state index in [4.69, 9.17) is 11.6 Å². The van der Waals surface area contributed by atoms with Gasteiger partial charge in [-0.3, -0.25) is 9.59 Å². The molecule has 0 spiro atoms. The molecule has 0 bridgehead atoms. The third-order valence-corrected chi connectivity index (χ3v) is 5.61. The molecule has 2 N–H and O–H groups in total. The summed E-state index contributed by atoms with van der Waals surface area (Å²) in [6.07, 6.45) is -3.09. The maximum atomic E-state index is 12.9.